The van der Waals surface area contributed by atoms with Gasteiger partial charge in [0.25, 0.3) is 0 Å². The van der Waals surface area contributed by atoms with Gasteiger partial charge in [0.15, 0.2) is 0 Å². The van der Waals surface area contributed by atoms with E-state index in [4.69, 9.17) is 9.57 Å². The summed E-state index contributed by atoms with van der Waals surface area (Å²) < 4.78 is 4.77. The van der Waals surface area contributed by atoms with E-state index in [2.05, 4.69) is 15.8 Å². The van der Waals surface area contributed by atoms with E-state index in [0.29, 0.717) is 19.2 Å². The third kappa shape index (κ3) is 5.63. The summed E-state index contributed by atoms with van der Waals surface area (Å²) in [7, 11) is 5.05. The van der Waals surface area contributed by atoms with Gasteiger partial charge in [-0.05, 0) is 0 Å². The summed E-state index contributed by atoms with van der Waals surface area (Å²) in [5.41, 5.74) is 2.61. The molecule has 0 bridgehead atoms. The van der Waals surface area contributed by atoms with Crippen molar-refractivity contribution in [3.05, 3.63) is 0 Å². The Bertz CT molecular complexity index is 116. The van der Waals surface area contributed by atoms with Crippen LogP contribution >= 0.6 is 0 Å². The molecule has 2 N–H and O–H groups in total. The van der Waals surface area contributed by atoms with Crippen molar-refractivity contribution in [2.45, 2.75) is 0 Å². The van der Waals surface area contributed by atoms with Crippen LogP contribution in [0.2, 0.25) is 0 Å². The van der Waals surface area contributed by atoms with Crippen LogP contribution in [0.3, 0.4) is 0 Å². The van der Waals surface area contributed by atoms with E-state index in [1.54, 1.807) is 21.2 Å². The fourth-order valence-electron chi connectivity index (χ4n) is 0.453. The Morgan fingerprint density at radius 2 is 2.18 bits per heavy atom. The number of nitrogens with zero attached hydrogens (tertiary/aromatic N) is 1. The zero-order valence-corrected chi connectivity index (χ0v) is 7.18. The smallest absolute Gasteiger partial charge is 0.215 e. The Kier molecular flexibility index (Phi) is 6.76. The average molecular weight is 161 g/mol. The second-order valence-corrected chi connectivity index (χ2v) is 1.77. The van der Waals surface area contributed by atoms with Crippen LogP contribution in [0.25, 0.3) is 0 Å². The summed E-state index contributed by atoms with van der Waals surface area (Å²) in [6.07, 6.45) is 0. The van der Waals surface area contributed by atoms with Crippen LogP contribution in [0.1, 0.15) is 0 Å². The van der Waals surface area contributed by atoms with Gasteiger partial charge in [-0.1, -0.05) is 0 Å². The first-order valence-corrected chi connectivity index (χ1v) is 3.36. The molecule has 0 aliphatic heterocycles. The molecule has 0 fully saturated rings. The molecule has 5 heteroatoms. The predicted molar refractivity (Wildman–Crippen MR) is 43.4 cm³/mol. The van der Waals surface area contributed by atoms with E-state index in [1.807, 2.05) is 0 Å². The van der Waals surface area contributed by atoms with Gasteiger partial charge in [0.1, 0.15) is 0 Å². The molecule has 0 heterocycles. The van der Waals surface area contributed by atoms with E-state index in [9.17, 15) is 0 Å². The number of hydrogen-bond donors (Lipinski definition) is 2. The molecule has 0 aromatic heterocycles. The van der Waals surface area contributed by atoms with Crippen molar-refractivity contribution in [1.29, 1.82) is 0 Å². The van der Waals surface area contributed by atoms with E-state index >= 15 is 0 Å². The first-order chi connectivity index (χ1) is 5.35. The maximum absolute atomic E-state index is 4.95. The highest BCUT2D eigenvalue weighted by Crippen LogP contribution is 1.70. The number of ether oxygens (including phenoxy) is 1. The van der Waals surface area contributed by atoms with E-state index < -0.39 is 0 Å². The molecule has 66 valence electrons. The Labute approximate surface area is 66.7 Å². The van der Waals surface area contributed by atoms with Gasteiger partial charge in [-0.15, -0.1) is 0 Å². The summed E-state index contributed by atoms with van der Waals surface area (Å²) in [6.45, 7) is 1.06. The molecule has 0 aromatic carbocycles. The molecule has 0 aliphatic rings. The number of aliphatic imine (C=N–C) groups is 1. The van der Waals surface area contributed by atoms with Crippen LogP contribution < -0.4 is 10.8 Å². The maximum Gasteiger partial charge on any atom is 0.215 e. The van der Waals surface area contributed by atoms with E-state index in [1.165, 1.54) is 0 Å². The summed E-state index contributed by atoms with van der Waals surface area (Å²) >= 11 is 0. The van der Waals surface area contributed by atoms with Crippen molar-refractivity contribution in [3.8, 4) is 0 Å². The molecular weight excluding hydrogens is 146 g/mol. The van der Waals surface area contributed by atoms with Crippen LogP contribution in [0.4, 0.5) is 0 Å². The molecule has 11 heavy (non-hydrogen) atoms. The lowest BCUT2D eigenvalue weighted by Gasteiger charge is -2.07. The number of hydroxylamine groups is 1. The first-order valence-electron chi connectivity index (χ1n) is 3.36. The minimum atomic E-state index is 0.497. The Morgan fingerprint density at radius 1 is 1.45 bits per heavy atom. The zero-order valence-electron chi connectivity index (χ0n) is 7.18. The highest BCUT2D eigenvalue weighted by Gasteiger charge is 1.90. The minimum Gasteiger partial charge on any atom is -0.382 e. The lowest BCUT2D eigenvalue weighted by molar-refractivity contribution is 0.0365. The van der Waals surface area contributed by atoms with Gasteiger partial charge < -0.3 is 10.1 Å². The molecule has 0 saturated heterocycles. The van der Waals surface area contributed by atoms with Crippen LogP contribution in [0.15, 0.2) is 4.99 Å². The summed E-state index contributed by atoms with van der Waals surface area (Å²) in [4.78, 5) is 8.78. The molecule has 0 saturated carbocycles. The number of guanidine groups is 1. The van der Waals surface area contributed by atoms with Gasteiger partial charge in [0, 0.05) is 21.2 Å². The molecule has 5 nitrogen and oxygen atoms in total. The van der Waals surface area contributed by atoms with Gasteiger partial charge >= 0.3 is 0 Å². The quantitative estimate of drug-likeness (QED) is 0.249. The second-order valence-electron chi connectivity index (χ2n) is 1.77. The predicted octanol–water partition coefficient (Wildman–Crippen LogP) is -0.641. The number of hydrogen-bond acceptors (Lipinski definition) is 3. The SMILES string of the molecule is CN=C(NC)NOCCOC. The van der Waals surface area contributed by atoms with Crippen LogP contribution in [-0.2, 0) is 9.57 Å². The number of methoxy groups -OCH3 is 1. The lowest BCUT2D eigenvalue weighted by Crippen LogP contribution is -2.35. The normalized spacial score (nSPS) is 11.4. The Balaban J connectivity index is 3.22. The van der Waals surface area contributed by atoms with Crippen LogP contribution in [-0.4, -0.2) is 40.4 Å². The first kappa shape index (κ1) is 10.2. The standard InChI is InChI=1S/C6H15N3O2/c1-7-6(8-2)9-11-5-4-10-3/h4-5H2,1-3H3,(H2,7,8,9). The maximum atomic E-state index is 4.95. The summed E-state index contributed by atoms with van der Waals surface area (Å²) in [5.74, 6) is 0.598. The van der Waals surface area contributed by atoms with Crippen molar-refractivity contribution in [2.24, 2.45) is 4.99 Å². The van der Waals surface area contributed by atoms with E-state index in [-0.39, 0.29) is 0 Å². The van der Waals surface area contributed by atoms with Crippen molar-refractivity contribution in [2.75, 3.05) is 34.4 Å². The molecule has 0 unspecified atom stereocenters. The summed E-state index contributed by atoms with van der Waals surface area (Å²) in [6, 6.07) is 0. The molecule has 0 aromatic rings. The Hall–Kier alpha value is -0.810. The van der Waals surface area contributed by atoms with Crippen molar-refractivity contribution >= 4 is 5.96 Å². The monoisotopic (exact) mass is 161 g/mol. The minimum absolute atomic E-state index is 0.497. The third-order valence-electron chi connectivity index (χ3n) is 1.02. The van der Waals surface area contributed by atoms with Gasteiger partial charge in [-0.3, -0.25) is 9.83 Å². The zero-order chi connectivity index (χ0) is 8.53. The van der Waals surface area contributed by atoms with Crippen molar-refractivity contribution < 1.29 is 9.57 Å². The topological polar surface area (TPSA) is 54.9 Å². The fourth-order valence-corrected chi connectivity index (χ4v) is 0.453. The van der Waals surface area contributed by atoms with Crippen LogP contribution in [0.5, 0.6) is 0 Å². The lowest BCUT2D eigenvalue weighted by atomic mass is 10.8. The van der Waals surface area contributed by atoms with Crippen molar-refractivity contribution in [1.82, 2.24) is 10.8 Å². The van der Waals surface area contributed by atoms with Crippen LogP contribution in [0, 0.1) is 0 Å². The van der Waals surface area contributed by atoms with Crippen molar-refractivity contribution in [3.63, 3.8) is 0 Å². The number of rotatable bonds is 4. The summed E-state index contributed by atoms with van der Waals surface area (Å²) in [5, 5.41) is 2.80. The van der Waals surface area contributed by atoms with Gasteiger partial charge in [-0.2, -0.15) is 0 Å². The highest BCUT2D eigenvalue weighted by atomic mass is 16.7. The highest BCUT2D eigenvalue weighted by molar-refractivity contribution is 5.78. The van der Waals surface area contributed by atoms with Gasteiger partial charge in [-0.25, -0.2) is 5.48 Å². The number of nitrogens with one attached hydrogen (secondary N) is 2. The molecular formula is C6H15N3O2. The third-order valence-corrected chi connectivity index (χ3v) is 1.02. The molecule has 0 radical (unpaired) electrons. The second kappa shape index (κ2) is 7.30. The molecule has 0 aliphatic carbocycles. The fraction of sp³-hybridized carbons (Fsp3) is 0.833. The molecule has 0 spiro atoms. The van der Waals surface area contributed by atoms with Gasteiger partial charge in [0.2, 0.25) is 5.96 Å². The molecule has 0 amide bonds. The average Bonchev–Trinajstić information content (AvgIpc) is 2.05. The van der Waals surface area contributed by atoms with Gasteiger partial charge in [0.05, 0.1) is 13.2 Å². The molecule has 0 rings (SSSR count). The largest absolute Gasteiger partial charge is 0.382 e. The Morgan fingerprint density at radius 3 is 2.64 bits per heavy atom. The van der Waals surface area contributed by atoms with E-state index in [0.717, 1.165) is 0 Å². The molecule has 0 atom stereocenters.